The highest BCUT2D eigenvalue weighted by Crippen LogP contribution is 2.21. The van der Waals surface area contributed by atoms with E-state index in [9.17, 15) is 4.79 Å². The molecule has 6 heteroatoms. The van der Waals surface area contributed by atoms with Gasteiger partial charge in [-0.1, -0.05) is 23.8 Å². The maximum atomic E-state index is 10.8. The summed E-state index contributed by atoms with van der Waals surface area (Å²) in [5.74, 6) is 0.237. The number of nitrogens with zero attached hydrogens (tertiary/aromatic N) is 1. The summed E-state index contributed by atoms with van der Waals surface area (Å²) in [5, 5.41) is 12.8. The number of carboxylic acid groups (broad SMARTS) is 1. The zero-order chi connectivity index (χ0) is 13.8. The smallest absolute Gasteiger partial charge is 0.407 e. The van der Waals surface area contributed by atoms with E-state index in [0.717, 1.165) is 23.5 Å². The summed E-state index contributed by atoms with van der Waals surface area (Å²) in [7, 11) is 0. The molecule has 0 spiro atoms. The molecule has 2 rings (SSSR count). The maximum Gasteiger partial charge on any atom is 0.407 e. The van der Waals surface area contributed by atoms with Crippen LogP contribution in [0.25, 0.3) is 0 Å². The molecule has 0 radical (unpaired) electrons. The SMILES string of the molecule is O=C(O)N1CCC(C(=S)Nc2ccc(Cl)cc2)CC1. The van der Waals surface area contributed by atoms with E-state index in [-0.39, 0.29) is 5.92 Å². The van der Waals surface area contributed by atoms with Crippen molar-refractivity contribution in [1.29, 1.82) is 0 Å². The molecule has 0 aliphatic carbocycles. The number of nitrogens with one attached hydrogen (secondary N) is 1. The maximum absolute atomic E-state index is 10.8. The van der Waals surface area contributed by atoms with Crippen LogP contribution in [-0.4, -0.2) is 34.2 Å². The summed E-state index contributed by atoms with van der Waals surface area (Å²) < 4.78 is 0. The zero-order valence-electron chi connectivity index (χ0n) is 10.3. The number of benzene rings is 1. The number of carbonyl (C=O) groups is 1. The molecule has 102 valence electrons. The van der Waals surface area contributed by atoms with Crippen LogP contribution >= 0.6 is 23.8 Å². The molecular formula is C13H15ClN2O2S. The average molecular weight is 299 g/mol. The normalized spacial score (nSPS) is 16.2. The van der Waals surface area contributed by atoms with E-state index in [1.165, 1.54) is 4.90 Å². The second-order valence-corrected chi connectivity index (χ2v) is 5.42. The van der Waals surface area contributed by atoms with Crippen molar-refractivity contribution in [2.24, 2.45) is 5.92 Å². The van der Waals surface area contributed by atoms with Crippen LogP contribution in [-0.2, 0) is 0 Å². The zero-order valence-corrected chi connectivity index (χ0v) is 11.9. The standard InChI is InChI=1S/C13H15ClN2O2S/c14-10-1-3-11(4-2-10)15-12(19)9-5-7-16(8-6-9)13(17)18/h1-4,9H,5-8H2,(H,15,19)(H,17,18). The number of halogens is 1. The first kappa shape index (κ1) is 14.1. The molecule has 0 atom stereocenters. The number of amides is 1. The molecule has 0 saturated carbocycles. The molecule has 1 aromatic rings. The lowest BCUT2D eigenvalue weighted by molar-refractivity contribution is 0.131. The Labute approximate surface area is 122 Å². The van der Waals surface area contributed by atoms with Crippen LogP contribution in [0.4, 0.5) is 10.5 Å². The lowest BCUT2D eigenvalue weighted by atomic mass is 9.97. The van der Waals surface area contributed by atoms with Gasteiger partial charge in [0.1, 0.15) is 0 Å². The van der Waals surface area contributed by atoms with Gasteiger partial charge in [-0.25, -0.2) is 4.79 Å². The highest BCUT2D eigenvalue weighted by molar-refractivity contribution is 7.80. The van der Waals surface area contributed by atoms with Crippen LogP contribution in [0.5, 0.6) is 0 Å². The molecule has 1 heterocycles. The van der Waals surface area contributed by atoms with Crippen molar-refractivity contribution in [2.45, 2.75) is 12.8 Å². The molecule has 1 fully saturated rings. The van der Waals surface area contributed by atoms with E-state index in [1.807, 2.05) is 12.1 Å². The van der Waals surface area contributed by atoms with Crippen LogP contribution in [0.2, 0.25) is 5.02 Å². The Balaban J connectivity index is 1.88. The highest BCUT2D eigenvalue weighted by atomic mass is 35.5. The molecule has 4 nitrogen and oxygen atoms in total. The minimum absolute atomic E-state index is 0.237. The van der Waals surface area contributed by atoms with Gasteiger partial charge in [0, 0.05) is 29.7 Å². The molecule has 2 N–H and O–H groups in total. The Kier molecular flexibility index (Phi) is 4.61. The van der Waals surface area contributed by atoms with Gasteiger partial charge >= 0.3 is 6.09 Å². The lowest BCUT2D eigenvalue weighted by Crippen LogP contribution is -2.40. The predicted octanol–water partition coefficient (Wildman–Crippen LogP) is 3.47. The van der Waals surface area contributed by atoms with Crippen molar-refractivity contribution in [3.8, 4) is 0 Å². The molecule has 1 saturated heterocycles. The van der Waals surface area contributed by atoms with Gasteiger partial charge in [-0.05, 0) is 37.1 Å². The Morgan fingerprint density at radius 2 is 1.89 bits per heavy atom. The lowest BCUT2D eigenvalue weighted by Gasteiger charge is -2.30. The molecule has 0 unspecified atom stereocenters. The van der Waals surface area contributed by atoms with Crippen molar-refractivity contribution in [2.75, 3.05) is 18.4 Å². The molecule has 1 amide bonds. The van der Waals surface area contributed by atoms with E-state index >= 15 is 0 Å². The highest BCUT2D eigenvalue weighted by Gasteiger charge is 2.24. The fraction of sp³-hybridized carbons (Fsp3) is 0.385. The third-order valence-corrected chi connectivity index (χ3v) is 3.94. The fourth-order valence-corrected chi connectivity index (χ4v) is 2.59. The quantitative estimate of drug-likeness (QED) is 0.821. The Morgan fingerprint density at radius 1 is 1.32 bits per heavy atom. The average Bonchev–Trinajstić information content (AvgIpc) is 2.41. The first-order chi connectivity index (χ1) is 9.06. The molecule has 1 aliphatic rings. The largest absolute Gasteiger partial charge is 0.465 e. The minimum Gasteiger partial charge on any atom is -0.465 e. The van der Waals surface area contributed by atoms with Gasteiger partial charge in [-0.2, -0.15) is 0 Å². The summed E-state index contributed by atoms with van der Waals surface area (Å²) >= 11 is 11.2. The molecular weight excluding hydrogens is 284 g/mol. The van der Waals surface area contributed by atoms with Crippen molar-refractivity contribution in [3.63, 3.8) is 0 Å². The predicted molar refractivity (Wildman–Crippen MR) is 80.0 cm³/mol. The van der Waals surface area contributed by atoms with Gasteiger partial charge in [-0.15, -0.1) is 0 Å². The van der Waals surface area contributed by atoms with Crippen molar-refractivity contribution >= 4 is 40.6 Å². The van der Waals surface area contributed by atoms with E-state index in [2.05, 4.69) is 5.32 Å². The van der Waals surface area contributed by atoms with Crippen molar-refractivity contribution in [3.05, 3.63) is 29.3 Å². The molecule has 1 aliphatic heterocycles. The van der Waals surface area contributed by atoms with Crippen LogP contribution in [0.3, 0.4) is 0 Å². The number of piperidine rings is 1. The van der Waals surface area contributed by atoms with Gasteiger partial charge in [0.2, 0.25) is 0 Å². The molecule has 0 aromatic heterocycles. The fourth-order valence-electron chi connectivity index (χ4n) is 2.11. The number of rotatable bonds is 2. The third-order valence-electron chi connectivity index (χ3n) is 3.25. The van der Waals surface area contributed by atoms with Crippen LogP contribution in [0, 0.1) is 5.92 Å². The summed E-state index contributed by atoms with van der Waals surface area (Å²) in [6.07, 6.45) is 0.687. The van der Waals surface area contributed by atoms with Crippen LogP contribution in [0.1, 0.15) is 12.8 Å². The minimum atomic E-state index is -0.852. The van der Waals surface area contributed by atoms with Gasteiger partial charge in [0.05, 0.1) is 4.99 Å². The first-order valence-electron chi connectivity index (χ1n) is 6.10. The van der Waals surface area contributed by atoms with E-state index in [4.69, 9.17) is 28.9 Å². The van der Waals surface area contributed by atoms with Gasteiger partial charge in [0.15, 0.2) is 0 Å². The van der Waals surface area contributed by atoms with Crippen molar-refractivity contribution in [1.82, 2.24) is 4.90 Å². The Morgan fingerprint density at radius 3 is 2.42 bits per heavy atom. The van der Waals surface area contributed by atoms with Crippen LogP contribution in [0.15, 0.2) is 24.3 Å². The molecule has 0 bridgehead atoms. The monoisotopic (exact) mass is 298 g/mol. The van der Waals surface area contributed by atoms with Gasteiger partial charge in [0.25, 0.3) is 0 Å². The summed E-state index contributed by atoms with van der Waals surface area (Å²) in [6.45, 7) is 1.09. The first-order valence-corrected chi connectivity index (χ1v) is 6.89. The topological polar surface area (TPSA) is 52.6 Å². The number of anilines is 1. The number of hydrogen-bond donors (Lipinski definition) is 2. The number of likely N-dealkylation sites (tertiary alicyclic amines) is 1. The van der Waals surface area contributed by atoms with E-state index in [0.29, 0.717) is 18.1 Å². The summed E-state index contributed by atoms with van der Waals surface area (Å²) in [4.78, 5) is 13.0. The second kappa shape index (κ2) is 6.21. The molecule has 19 heavy (non-hydrogen) atoms. The van der Waals surface area contributed by atoms with E-state index < -0.39 is 6.09 Å². The summed E-state index contributed by atoms with van der Waals surface area (Å²) in [5.41, 5.74) is 0.912. The van der Waals surface area contributed by atoms with Gasteiger partial charge < -0.3 is 15.3 Å². The Hall–Kier alpha value is -1.33. The summed E-state index contributed by atoms with van der Waals surface area (Å²) in [6, 6.07) is 7.36. The number of hydrogen-bond acceptors (Lipinski definition) is 2. The Bertz CT molecular complexity index is 470. The second-order valence-electron chi connectivity index (χ2n) is 4.54. The van der Waals surface area contributed by atoms with E-state index in [1.54, 1.807) is 12.1 Å². The third kappa shape index (κ3) is 3.81. The van der Waals surface area contributed by atoms with Crippen LogP contribution < -0.4 is 5.32 Å². The molecule has 1 aromatic carbocycles. The van der Waals surface area contributed by atoms with Crippen molar-refractivity contribution < 1.29 is 9.90 Å². The number of thiocarbonyl (C=S) groups is 1. The van der Waals surface area contributed by atoms with Gasteiger partial charge in [-0.3, -0.25) is 0 Å².